The van der Waals surface area contributed by atoms with Crippen LogP contribution in [0.5, 0.6) is 0 Å². The van der Waals surface area contributed by atoms with Gasteiger partial charge in [-0.25, -0.2) is 0 Å². The summed E-state index contributed by atoms with van der Waals surface area (Å²) in [6, 6.07) is 0. The minimum Gasteiger partial charge on any atom is -0.0913 e. The molecule has 0 aliphatic carbocycles. The summed E-state index contributed by atoms with van der Waals surface area (Å²) in [6.45, 7) is 6.72. The molecule has 0 saturated heterocycles. The fraction of sp³-hybridized carbons (Fsp3) is 0.250. The molecule has 0 nitrogen and oxygen atoms in total. The van der Waals surface area contributed by atoms with Crippen molar-refractivity contribution in [1.29, 1.82) is 0 Å². The van der Waals surface area contributed by atoms with Crippen LogP contribution in [0.4, 0.5) is 0 Å². The highest BCUT2D eigenvalue weighted by Crippen LogP contribution is 1.56. The van der Waals surface area contributed by atoms with Crippen LogP contribution >= 0.6 is 0 Å². The molecule has 0 aliphatic heterocycles. The Morgan fingerprint density at radius 3 is 2.00 bits per heavy atom. The Kier molecular flexibility index (Phi) is 2.56. The van der Waals surface area contributed by atoms with Crippen LogP contribution in [0.15, 0.2) is 12.2 Å². The second-order valence-electron chi connectivity index (χ2n) is 0.526. The monoisotopic (exact) mass is 54.0 g/mol. The molecule has 0 bridgehead atoms. The molecular weight excluding hydrogens is 48.0 g/mol. The lowest BCUT2D eigenvalue weighted by Crippen LogP contribution is -1.27. The van der Waals surface area contributed by atoms with Gasteiger partial charge in [-0.15, -0.1) is 0 Å². The largest absolute Gasteiger partial charge is 0.0913 e. The highest BCUT2D eigenvalue weighted by molar-refractivity contribution is 4.78. The highest BCUT2D eigenvalue weighted by atomic mass is 13.4. The molecule has 0 aromatic heterocycles. The maximum absolute atomic E-state index is 4.85. The molecule has 0 heteroatoms. The third-order valence-electron chi connectivity index (χ3n) is 0.192. The van der Waals surface area contributed by atoms with Gasteiger partial charge in [-0.1, -0.05) is 12.2 Å². The van der Waals surface area contributed by atoms with E-state index in [1.54, 1.807) is 6.08 Å². The Hall–Kier alpha value is -0.260. The zero-order valence-corrected chi connectivity index (χ0v) is 2.73. The van der Waals surface area contributed by atoms with Gasteiger partial charge >= 0.3 is 0 Å². The van der Waals surface area contributed by atoms with E-state index in [1.807, 2.05) is 6.92 Å². The first-order chi connectivity index (χ1) is 1.91. The first kappa shape index (κ1) is 3.74. The number of hydrogen-bond acceptors (Lipinski definition) is 0. The molecule has 0 unspecified atom stereocenters. The van der Waals surface area contributed by atoms with E-state index in [-0.39, 0.29) is 0 Å². The fourth-order valence-corrected chi connectivity index (χ4v) is 0. The second-order valence-corrected chi connectivity index (χ2v) is 0.526. The first-order valence-corrected chi connectivity index (χ1v) is 1.24. The van der Waals surface area contributed by atoms with Crippen LogP contribution in [-0.2, 0) is 0 Å². The molecule has 0 N–H and O–H groups in total. The van der Waals surface area contributed by atoms with Gasteiger partial charge in [0.2, 0.25) is 0 Å². The van der Waals surface area contributed by atoms with Crippen LogP contribution in [0.1, 0.15) is 6.92 Å². The standard InChI is InChI=1S/C4H6/c1-3-4-2/h1,3-4H,2H3/b4-3-. The van der Waals surface area contributed by atoms with E-state index in [0.29, 0.717) is 0 Å². The van der Waals surface area contributed by atoms with E-state index < -0.39 is 0 Å². The summed E-state index contributed by atoms with van der Waals surface area (Å²) in [4.78, 5) is 0. The van der Waals surface area contributed by atoms with Crippen molar-refractivity contribution >= 4 is 0 Å². The Bertz CT molecular complexity index is 15.2. The van der Waals surface area contributed by atoms with Crippen molar-refractivity contribution in [3.63, 3.8) is 0 Å². The van der Waals surface area contributed by atoms with E-state index in [0.717, 1.165) is 0 Å². The Balaban J connectivity index is 2.55. The zero-order valence-electron chi connectivity index (χ0n) is 2.73. The molecule has 0 aromatic rings. The van der Waals surface area contributed by atoms with Crippen LogP contribution in [0.3, 0.4) is 0 Å². The predicted molar refractivity (Wildman–Crippen MR) is 19.1 cm³/mol. The molecule has 0 fully saturated rings. The van der Waals surface area contributed by atoms with E-state index in [4.69, 9.17) is 6.92 Å². The molecule has 0 amide bonds. The lowest BCUT2D eigenvalue weighted by molar-refractivity contribution is 1.74. The Morgan fingerprint density at radius 1 is 1.75 bits per heavy atom. The van der Waals surface area contributed by atoms with Gasteiger partial charge in [0.15, 0.2) is 0 Å². The fourth-order valence-electron chi connectivity index (χ4n) is 0. The van der Waals surface area contributed by atoms with Gasteiger partial charge in [0.05, 0.1) is 0 Å². The third kappa shape index (κ3) is 1.74. The van der Waals surface area contributed by atoms with Crippen molar-refractivity contribution in [3.05, 3.63) is 19.1 Å². The second kappa shape index (κ2) is 2.74. The van der Waals surface area contributed by atoms with Crippen LogP contribution in [0, 0.1) is 6.92 Å². The molecular formula is C4H6. The van der Waals surface area contributed by atoms with Crippen LogP contribution in [-0.4, -0.2) is 0 Å². The van der Waals surface area contributed by atoms with Crippen LogP contribution in [0.2, 0.25) is 0 Å². The van der Waals surface area contributed by atoms with Gasteiger partial charge in [0.1, 0.15) is 0 Å². The first-order valence-electron chi connectivity index (χ1n) is 1.24. The molecule has 0 saturated carbocycles. The lowest BCUT2D eigenvalue weighted by atomic mass is 10.6. The summed E-state index contributed by atoms with van der Waals surface area (Å²) < 4.78 is 0. The number of rotatable bonds is 0. The molecule has 0 aliphatic rings. The zero-order chi connectivity index (χ0) is 3.41. The van der Waals surface area contributed by atoms with Crippen molar-refractivity contribution in [2.75, 3.05) is 0 Å². The van der Waals surface area contributed by atoms with Crippen LogP contribution < -0.4 is 0 Å². The Labute approximate surface area is 27.1 Å². The lowest BCUT2D eigenvalue weighted by Gasteiger charge is -1.48. The van der Waals surface area contributed by atoms with E-state index in [9.17, 15) is 0 Å². The average Bonchev–Trinajstić information content (AvgIpc) is 1.37. The molecule has 2 radical (unpaired) electrons. The molecule has 0 heterocycles. The summed E-state index contributed by atoms with van der Waals surface area (Å²) in [7, 11) is 0. The summed E-state index contributed by atoms with van der Waals surface area (Å²) in [5.74, 6) is 0. The third-order valence-corrected chi connectivity index (χ3v) is 0.192. The van der Waals surface area contributed by atoms with Crippen molar-refractivity contribution in [3.8, 4) is 0 Å². The van der Waals surface area contributed by atoms with Gasteiger partial charge in [0.25, 0.3) is 0 Å². The quantitative estimate of drug-likeness (QED) is 0.390. The topological polar surface area (TPSA) is 0 Å². The highest BCUT2D eigenvalue weighted by Gasteiger charge is 1.35. The molecule has 0 spiro atoms. The summed E-state index contributed by atoms with van der Waals surface area (Å²) in [5.41, 5.74) is 0. The van der Waals surface area contributed by atoms with Gasteiger partial charge in [-0.05, 0) is 13.8 Å². The molecule has 0 atom stereocenters. The van der Waals surface area contributed by atoms with Crippen molar-refractivity contribution in [2.24, 2.45) is 0 Å². The van der Waals surface area contributed by atoms with Crippen molar-refractivity contribution in [1.82, 2.24) is 0 Å². The SMILES string of the molecule is [CH]/C=C\C. The number of allylic oxidation sites excluding steroid dienone is 2. The molecule has 4 heavy (non-hydrogen) atoms. The van der Waals surface area contributed by atoms with E-state index in [2.05, 4.69) is 0 Å². The molecule has 0 rings (SSSR count). The normalized spacial score (nSPS) is 9.50. The van der Waals surface area contributed by atoms with Gasteiger partial charge in [0, 0.05) is 0 Å². The predicted octanol–water partition coefficient (Wildman–Crippen LogP) is 1.27. The molecule has 22 valence electrons. The summed E-state index contributed by atoms with van der Waals surface area (Å²) in [6.07, 6.45) is 3.28. The van der Waals surface area contributed by atoms with Crippen molar-refractivity contribution in [2.45, 2.75) is 6.92 Å². The van der Waals surface area contributed by atoms with E-state index >= 15 is 0 Å². The minimum absolute atomic E-state index is 1.50. The smallest absolute Gasteiger partial charge is 0.00959 e. The van der Waals surface area contributed by atoms with Gasteiger partial charge in [-0.2, -0.15) is 0 Å². The summed E-state index contributed by atoms with van der Waals surface area (Å²) >= 11 is 0. The maximum atomic E-state index is 4.85. The minimum atomic E-state index is 1.50. The van der Waals surface area contributed by atoms with Gasteiger partial charge < -0.3 is 0 Å². The maximum Gasteiger partial charge on any atom is -0.00959 e. The Morgan fingerprint density at radius 2 is 2.00 bits per heavy atom. The summed E-state index contributed by atoms with van der Waals surface area (Å²) in [5, 5.41) is 0. The van der Waals surface area contributed by atoms with E-state index in [1.165, 1.54) is 6.08 Å². The molecule has 0 aromatic carbocycles. The van der Waals surface area contributed by atoms with Crippen molar-refractivity contribution < 1.29 is 0 Å². The van der Waals surface area contributed by atoms with Crippen LogP contribution in [0.25, 0.3) is 0 Å². The number of hydrogen-bond donors (Lipinski definition) is 0. The average molecular weight is 54.1 g/mol. The van der Waals surface area contributed by atoms with Gasteiger partial charge in [-0.3, -0.25) is 0 Å².